The maximum atomic E-state index is 6.29. The second-order valence-corrected chi connectivity index (χ2v) is 4.25. The number of hydrogen-bond donors (Lipinski definition) is 1. The summed E-state index contributed by atoms with van der Waals surface area (Å²) in [6.07, 6.45) is 7.17. The van der Waals surface area contributed by atoms with Crippen LogP contribution in [0.5, 0.6) is 0 Å². The number of para-hydroxylation sites is 1. The number of pyridine rings is 1. The zero-order valence-electron chi connectivity index (χ0n) is 10.3. The molecule has 0 fully saturated rings. The van der Waals surface area contributed by atoms with Crippen molar-refractivity contribution in [1.82, 2.24) is 14.5 Å². The molecule has 0 radical (unpaired) electrons. The van der Waals surface area contributed by atoms with Crippen LogP contribution in [0.4, 0.5) is 0 Å². The van der Waals surface area contributed by atoms with Crippen LogP contribution in [0.1, 0.15) is 17.4 Å². The molecule has 2 aromatic heterocycles. The molecule has 19 heavy (non-hydrogen) atoms. The zero-order chi connectivity index (χ0) is 13.1. The Morgan fingerprint density at radius 1 is 0.947 bits per heavy atom. The molecule has 0 saturated heterocycles. The van der Waals surface area contributed by atoms with Crippen LogP contribution in [-0.2, 0) is 0 Å². The Hall–Kier alpha value is -2.46. The van der Waals surface area contributed by atoms with Gasteiger partial charge in [0.2, 0.25) is 0 Å². The van der Waals surface area contributed by atoms with Crippen molar-refractivity contribution in [2.45, 2.75) is 6.04 Å². The summed E-state index contributed by atoms with van der Waals surface area (Å²) in [5, 5.41) is 0. The van der Waals surface area contributed by atoms with Gasteiger partial charge < -0.3 is 10.3 Å². The maximum absolute atomic E-state index is 6.29. The van der Waals surface area contributed by atoms with E-state index in [1.54, 1.807) is 18.6 Å². The van der Waals surface area contributed by atoms with Gasteiger partial charge in [-0.2, -0.15) is 0 Å². The highest BCUT2D eigenvalue weighted by molar-refractivity contribution is 5.35. The lowest BCUT2D eigenvalue weighted by Crippen LogP contribution is -2.17. The van der Waals surface area contributed by atoms with E-state index in [4.69, 9.17) is 5.73 Å². The van der Waals surface area contributed by atoms with Crippen molar-refractivity contribution in [3.05, 3.63) is 78.6 Å². The third kappa shape index (κ3) is 2.26. The third-order valence-electron chi connectivity index (χ3n) is 3.05. The molecule has 94 valence electrons. The van der Waals surface area contributed by atoms with Gasteiger partial charge in [0.25, 0.3) is 0 Å². The summed E-state index contributed by atoms with van der Waals surface area (Å²) in [7, 11) is 0. The van der Waals surface area contributed by atoms with Gasteiger partial charge in [-0.1, -0.05) is 18.2 Å². The fourth-order valence-corrected chi connectivity index (χ4v) is 2.07. The van der Waals surface area contributed by atoms with E-state index >= 15 is 0 Å². The molecule has 0 spiro atoms. The second-order valence-electron chi connectivity index (χ2n) is 4.25. The molecule has 4 nitrogen and oxygen atoms in total. The number of aromatic nitrogens is 3. The van der Waals surface area contributed by atoms with Gasteiger partial charge in [-0.25, -0.2) is 4.98 Å². The lowest BCUT2D eigenvalue weighted by Gasteiger charge is -2.14. The summed E-state index contributed by atoms with van der Waals surface area (Å²) in [4.78, 5) is 8.39. The number of nitrogens with two attached hydrogens (primary N) is 1. The summed E-state index contributed by atoms with van der Waals surface area (Å²) in [5.74, 6) is 0.817. The first-order valence-electron chi connectivity index (χ1n) is 6.10. The average molecular weight is 250 g/mol. The van der Waals surface area contributed by atoms with Gasteiger partial charge in [-0.3, -0.25) is 4.98 Å². The predicted molar refractivity (Wildman–Crippen MR) is 73.8 cm³/mol. The summed E-state index contributed by atoms with van der Waals surface area (Å²) < 4.78 is 2.01. The van der Waals surface area contributed by atoms with E-state index < -0.39 is 0 Å². The van der Waals surface area contributed by atoms with Crippen molar-refractivity contribution < 1.29 is 0 Å². The Balaban J connectivity index is 2.01. The van der Waals surface area contributed by atoms with E-state index in [9.17, 15) is 0 Å². The average Bonchev–Trinajstić information content (AvgIpc) is 2.98. The first-order chi connectivity index (χ1) is 9.36. The Morgan fingerprint density at radius 2 is 1.68 bits per heavy atom. The minimum absolute atomic E-state index is 0.266. The van der Waals surface area contributed by atoms with E-state index in [1.165, 1.54) is 0 Å². The van der Waals surface area contributed by atoms with Crippen LogP contribution in [-0.4, -0.2) is 14.5 Å². The van der Waals surface area contributed by atoms with Crippen molar-refractivity contribution in [1.29, 1.82) is 0 Å². The number of rotatable bonds is 3. The molecule has 0 aliphatic carbocycles. The Bertz CT molecular complexity index is 646. The Morgan fingerprint density at radius 3 is 2.42 bits per heavy atom. The van der Waals surface area contributed by atoms with Crippen LogP contribution in [0.25, 0.3) is 5.69 Å². The summed E-state index contributed by atoms with van der Waals surface area (Å²) in [6, 6.07) is 13.6. The molecule has 4 heteroatoms. The minimum atomic E-state index is -0.266. The highest BCUT2D eigenvalue weighted by atomic mass is 15.1. The highest BCUT2D eigenvalue weighted by Gasteiger charge is 2.15. The molecular formula is C15H14N4. The van der Waals surface area contributed by atoms with Crippen molar-refractivity contribution in [3.8, 4) is 5.69 Å². The first kappa shape index (κ1) is 11.6. The molecule has 3 aromatic rings. The largest absolute Gasteiger partial charge is 0.318 e. The fourth-order valence-electron chi connectivity index (χ4n) is 2.07. The lowest BCUT2D eigenvalue weighted by atomic mass is 10.1. The smallest absolute Gasteiger partial charge is 0.134 e. The standard InChI is InChI=1S/C15H14N4/c16-14(12-6-8-17-9-7-12)15-18-10-11-19(15)13-4-2-1-3-5-13/h1-11,14H,16H2. The Labute approximate surface area is 111 Å². The number of nitrogens with zero attached hydrogens (tertiary/aromatic N) is 3. The molecule has 0 saturated carbocycles. The molecule has 0 bridgehead atoms. The first-order valence-corrected chi connectivity index (χ1v) is 6.10. The molecule has 0 amide bonds. The number of benzene rings is 1. The molecule has 0 aliphatic heterocycles. The normalized spacial score (nSPS) is 12.3. The fraction of sp³-hybridized carbons (Fsp3) is 0.0667. The third-order valence-corrected chi connectivity index (χ3v) is 3.05. The number of imidazole rings is 1. The summed E-state index contributed by atoms with van der Waals surface area (Å²) >= 11 is 0. The van der Waals surface area contributed by atoms with Gasteiger partial charge in [0.05, 0.1) is 6.04 Å². The molecule has 3 rings (SSSR count). The van der Waals surface area contributed by atoms with E-state index in [-0.39, 0.29) is 6.04 Å². The SMILES string of the molecule is NC(c1ccncc1)c1nccn1-c1ccccc1. The monoisotopic (exact) mass is 250 g/mol. The van der Waals surface area contributed by atoms with Crippen LogP contribution < -0.4 is 5.73 Å². The molecule has 1 aromatic carbocycles. The molecular weight excluding hydrogens is 236 g/mol. The molecule has 1 atom stereocenters. The quantitative estimate of drug-likeness (QED) is 0.776. The van der Waals surface area contributed by atoms with Crippen LogP contribution in [0.15, 0.2) is 67.3 Å². The molecule has 2 N–H and O–H groups in total. The molecule has 0 aliphatic rings. The van der Waals surface area contributed by atoms with Gasteiger partial charge in [0.15, 0.2) is 0 Å². The summed E-state index contributed by atoms with van der Waals surface area (Å²) in [6.45, 7) is 0. The molecule has 2 heterocycles. The Kier molecular flexibility index (Phi) is 3.08. The highest BCUT2D eigenvalue weighted by Crippen LogP contribution is 2.20. The van der Waals surface area contributed by atoms with E-state index in [0.29, 0.717) is 0 Å². The van der Waals surface area contributed by atoms with Crippen LogP contribution in [0.3, 0.4) is 0 Å². The second kappa shape index (κ2) is 5.04. The topological polar surface area (TPSA) is 56.7 Å². The minimum Gasteiger partial charge on any atom is -0.318 e. The lowest BCUT2D eigenvalue weighted by molar-refractivity contribution is 0.757. The van der Waals surface area contributed by atoms with Gasteiger partial charge >= 0.3 is 0 Å². The van der Waals surface area contributed by atoms with Crippen molar-refractivity contribution in [2.24, 2.45) is 5.73 Å². The number of hydrogen-bond acceptors (Lipinski definition) is 3. The van der Waals surface area contributed by atoms with Crippen LogP contribution in [0, 0.1) is 0 Å². The van der Waals surface area contributed by atoms with Crippen LogP contribution >= 0.6 is 0 Å². The van der Waals surface area contributed by atoms with Crippen molar-refractivity contribution in [2.75, 3.05) is 0 Å². The van der Waals surface area contributed by atoms with Gasteiger partial charge in [0.1, 0.15) is 5.82 Å². The van der Waals surface area contributed by atoms with Crippen molar-refractivity contribution in [3.63, 3.8) is 0 Å². The van der Waals surface area contributed by atoms with Gasteiger partial charge in [-0.15, -0.1) is 0 Å². The van der Waals surface area contributed by atoms with Gasteiger partial charge in [-0.05, 0) is 29.8 Å². The van der Waals surface area contributed by atoms with E-state index in [1.807, 2.05) is 53.2 Å². The van der Waals surface area contributed by atoms with E-state index in [0.717, 1.165) is 17.1 Å². The maximum Gasteiger partial charge on any atom is 0.134 e. The van der Waals surface area contributed by atoms with Crippen LogP contribution in [0.2, 0.25) is 0 Å². The zero-order valence-corrected chi connectivity index (χ0v) is 10.3. The summed E-state index contributed by atoms with van der Waals surface area (Å²) in [5.41, 5.74) is 8.34. The predicted octanol–water partition coefficient (Wildman–Crippen LogP) is 2.32. The van der Waals surface area contributed by atoms with Crippen molar-refractivity contribution >= 4 is 0 Å². The van der Waals surface area contributed by atoms with E-state index in [2.05, 4.69) is 9.97 Å². The van der Waals surface area contributed by atoms with Gasteiger partial charge in [0, 0.05) is 30.5 Å². The molecule has 1 unspecified atom stereocenters.